The van der Waals surface area contributed by atoms with Crippen LogP contribution in [0.3, 0.4) is 0 Å². The number of aliphatic carboxylic acids is 1. The third-order valence-electron chi connectivity index (χ3n) is 5.13. The van der Waals surface area contributed by atoms with Gasteiger partial charge in [0.05, 0.1) is 11.9 Å². The van der Waals surface area contributed by atoms with Gasteiger partial charge in [-0.25, -0.2) is 9.97 Å². The molecule has 10 nitrogen and oxygen atoms in total. The van der Waals surface area contributed by atoms with Crippen molar-refractivity contribution in [2.45, 2.75) is 44.6 Å². The maximum Gasteiger partial charge on any atom is 0.303 e. The highest BCUT2D eigenvalue weighted by atomic mass is 16.4. The number of carboxylic acids is 1. The molecule has 2 atom stereocenters. The molecule has 2 heterocycles. The second-order valence-corrected chi connectivity index (χ2v) is 7.74. The van der Waals surface area contributed by atoms with E-state index < -0.39 is 5.97 Å². The van der Waals surface area contributed by atoms with Gasteiger partial charge in [-0.3, -0.25) is 9.59 Å². The van der Waals surface area contributed by atoms with E-state index in [1.54, 1.807) is 25.3 Å². The molecule has 10 heteroatoms. The molecular weight excluding hydrogens is 422 g/mol. The van der Waals surface area contributed by atoms with E-state index in [2.05, 4.69) is 31.2 Å². The molecule has 2 aromatic heterocycles. The van der Waals surface area contributed by atoms with Crippen molar-refractivity contribution < 1.29 is 14.7 Å². The molecule has 1 unspecified atom stereocenters. The number of hydrogen-bond donors (Lipinski definition) is 4. The fourth-order valence-electron chi connectivity index (χ4n) is 3.41. The number of carboxylic acid groups (broad SMARTS) is 1. The predicted octanol–water partition coefficient (Wildman–Crippen LogP) is 1.92. The first-order chi connectivity index (χ1) is 15.8. The number of carbonyl (C=O) groups is 2. The lowest BCUT2D eigenvalue weighted by Gasteiger charge is -2.16. The Morgan fingerprint density at radius 1 is 1.18 bits per heavy atom. The molecule has 0 aliphatic heterocycles. The number of amides is 1. The molecule has 3 rings (SSSR count). The minimum Gasteiger partial charge on any atom is -0.481 e. The van der Waals surface area contributed by atoms with Gasteiger partial charge in [-0.2, -0.15) is 9.97 Å². The quantitative estimate of drug-likeness (QED) is 0.358. The lowest BCUT2D eigenvalue weighted by Crippen LogP contribution is -2.32. The second-order valence-electron chi connectivity index (χ2n) is 7.74. The highest BCUT2D eigenvalue weighted by Gasteiger charge is 2.16. The van der Waals surface area contributed by atoms with Crippen LogP contribution in [0.5, 0.6) is 0 Å². The fraction of sp³-hybridized carbons (Fsp3) is 0.304. The summed E-state index contributed by atoms with van der Waals surface area (Å²) in [5, 5.41) is 11.6. The molecule has 0 aliphatic carbocycles. The van der Waals surface area contributed by atoms with Crippen LogP contribution in [0, 0.1) is 12.3 Å². The predicted molar refractivity (Wildman–Crippen MR) is 124 cm³/mol. The molecule has 3 aromatic rings. The maximum absolute atomic E-state index is 12.4. The summed E-state index contributed by atoms with van der Waals surface area (Å²) in [5.41, 5.74) is 14.3. The Hall–Kier alpha value is -4.26. The number of nitrogens with zero attached hydrogens (tertiary/aromatic N) is 4. The molecular formula is C23H25N7O3. The topological polar surface area (TPSA) is 170 Å². The lowest BCUT2D eigenvalue weighted by molar-refractivity contribution is -0.137. The van der Waals surface area contributed by atoms with Crippen LogP contribution in [-0.4, -0.2) is 43.0 Å². The fourth-order valence-corrected chi connectivity index (χ4v) is 3.41. The van der Waals surface area contributed by atoms with E-state index in [4.69, 9.17) is 23.0 Å². The van der Waals surface area contributed by atoms with E-state index >= 15 is 0 Å². The van der Waals surface area contributed by atoms with Gasteiger partial charge in [0.1, 0.15) is 0 Å². The number of aromatic nitrogens is 4. The third kappa shape index (κ3) is 6.13. The van der Waals surface area contributed by atoms with Crippen molar-refractivity contribution in [2.24, 2.45) is 0 Å². The molecule has 33 heavy (non-hydrogen) atoms. The van der Waals surface area contributed by atoms with Gasteiger partial charge in [-0.1, -0.05) is 12.1 Å². The van der Waals surface area contributed by atoms with Crippen molar-refractivity contribution >= 4 is 34.8 Å². The molecule has 0 saturated heterocycles. The first-order valence-electron chi connectivity index (χ1n) is 10.4. The van der Waals surface area contributed by atoms with Crippen molar-refractivity contribution in [1.82, 2.24) is 25.3 Å². The van der Waals surface area contributed by atoms with Gasteiger partial charge in [0, 0.05) is 30.4 Å². The number of nitrogen functional groups attached to an aromatic ring is 2. The van der Waals surface area contributed by atoms with E-state index in [1.807, 2.05) is 12.1 Å². The minimum atomic E-state index is -0.893. The van der Waals surface area contributed by atoms with Gasteiger partial charge < -0.3 is 21.9 Å². The van der Waals surface area contributed by atoms with Crippen LogP contribution < -0.4 is 16.8 Å². The number of rotatable bonds is 9. The van der Waals surface area contributed by atoms with Crippen LogP contribution in [0.4, 0.5) is 11.8 Å². The van der Waals surface area contributed by atoms with Crippen LogP contribution in [0.1, 0.15) is 53.7 Å². The monoisotopic (exact) mass is 447 g/mol. The van der Waals surface area contributed by atoms with Gasteiger partial charge in [0.25, 0.3) is 5.91 Å². The zero-order valence-electron chi connectivity index (χ0n) is 18.2. The van der Waals surface area contributed by atoms with E-state index in [-0.39, 0.29) is 36.1 Å². The standard InChI is InChI=1S/C23H25N7O3/c1-3-4-16(11-17-12-26-21-19(28-17)20(24)29-23(25)30-21)14-6-8-15(9-7-14)22(33)27-13(2)5-10-18(31)32/h1,6-9,12-13,16H,4-5,10-11H2,2H3,(H,27,33)(H,31,32)(H4,24,25,26,29,30)/t13-,16?/m1/s1. The second kappa shape index (κ2) is 10.4. The van der Waals surface area contributed by atoms with E-state index in [9.17, 15) is 9.59 Å². The number of nitrogens with two attached hydrogens (primary N) is 2. The summed E-state index contributed by atoms with van der Waals surface area (Å²) < 4.78 is 0. The maximum atomic E-state index is 12.4. The number of fused-ring (bicyclic) bond motifs is 1. The summed E-state index contributed by atoms with van der Waals surface area (Å²) in [5.74, 6) is 1.68. The summed E-state index contributed by atoms with van der Waals surface area (Å²) in [4.78, 5) is 39.9. The first-order valence-corrected chi connectivity index (χ1v) is 10.4. The van der Waals surface area contributed by atoms with Crippen molar-refractivity contribution in [3.05, 3.63) is 47.3 Å². The molecule has 0 radical (unpaired) electrons. The zero-order valence-corrected chi connectivity index (χ0v) is 18.2. The average Bonchev–Trinajstić information content (AvgIpc) is 2.78. The van der Waals surface area contributed by atoms with Crippen LogP contribution in [0.15, 0.2) is 30.5 Å². The number of anilines is 2. The number of carbonyl (C=O) groups excluding carboxylic acids is 1. The SMILES string of the molecule is C#CCC(Cc1cnc2nc(N)nc(N)c2n1)c1ccc(C(=O)N[C@H](C)CCC(=O)O)cc1. The number of hydrogen-bond acceptors (Lipinski definition) is 8. The molecule has 170 valence electrons. The Bertz CT molecular complexity index is 1210. The third-order valence-corrected chi connectivity index (χ3v) is 5.13. The smallest absolute Gasteiger partial charge is 0.303 e. The summed E-state index contributed by atoms with van der Waals surface area (Å²) in [6.07, 6.45) is 8.53. The normalized spacial score (nSPS) is 12.6. The molecule has 0 bridgehead atoms. The average molecular weight is 447 g/mol. The summed E-state index contributed by atoms with van der Waals surface area (Å²) in [6.45, 7) is 1.77. The van der Waals surface area contributed by atoms with Gasteiger partial charge in [-0.05, 0) is 37.5 Å². The summed E-state index contributed by atoms with van der Waals surface area (Å²) in [7, 11) is 0. The Kier molecular flexibility index (Phi) is 7.35. The summed E-state index contributed by atoms with van der Waals surface area (Å²) >= 11 is 0. The molecule has 0 fully saturated rings. The van der Waals surface area contributed by atoms with Crippen molar-refractivity contribution in [1.29, 1.82) is 0 Å². The van der Waals surface area contributed by atoms with E-state index in [1.165, 1.54) is 0 Å². The van der Waals surface area contributed by atoms with Gasteiger partial charge in [0.2, 0.25) is 5.95 Å². The van der Waals surface area contributed by atoms with E-state index in [0.29, 0.717) is 41.7 Å². The van der Waals surface area contributed by atoms with Crippen LogP contribution in [-0.2, 0) is 11.2 Å². The lowest BCUT2D eigenvalue weighted by atomic mass is 9.91. The molecule has 1 amide bonds. The molecule has 1 aromatic carbocycles. The van der Waals surface area contributed by atoms with Crippen LogP contribution in [0.25, 0.3) is 11.2 Å². The Morgan fingerprint density at radius 3 is 2.58 bits per heavy atom. The first kappa shape index (κ1) is 23.4. The summed E-state index contributed by atoms with van der Waals surface area (Å²) in [6, 6.07) is 6.90. The molecule has 0 aliphatic rings. The Balaban J connectivity index is 1.73. The molecule has 6 N–H and O–H groups in total. The number of benzene rings is 1. The van der Waals surface area contributed by atoms with E-state index in [0.717, 1.165) is 5.56 Å². The number of nitrogens with one attached hydrogen (secondary N) is 1. The van der Waals surface area contributed by atoms with Crippen molar-refractivity contribution in [3.63, 3.8) is 0 Å². The van der Waals surface area contributed by atoms with Crippen LogP contribution >= 0.6 is 0 Å². The zero-order chi connectivity index (χ0) is 24.0. The molecule has 0 spiro atoms. The minimum absolute atomic E-state index is 0.00300. The number of terminal acetylenes is 1. The van der Waals surface area contributed by atoms with Crippen LogP contribution in [0.2, 0.25) is 0 Å². The Morgan fingerprint density at radius 2 is 1.91 bits per heavy atom. The van der Waals surface area contributed by atoms with Crippen molar-refractivity contribution in [2.75, 3.05) is 11.5 Å². The van der Waals surface area contributed by atoms with Crippen molar-refractivity contribution in [3.8, 4) is 12.3 Å². The van der Waals surface area contributed by atoms with Gasteiger partial charge >= 0.3 is 5.97 Å². The van der Waals surface area contributed by atoms with Gasteiger partial charge in [0.15, 0.2) is 17.0 Å². The highest BCUT2D eigenvalue weighted by Crippen LogP contribution is 2.25. The largest absolute Gasteiger partial charge is 0.481 e. The highest BCUT2D eigenvalue weighted by molar-refractivity contribution is 5.94. The Labute approximate surface area is 190 Å². The van der Waals surface area contributed by atoms with Gasteiger partial charge in [-0.15, -0.1) is 12.3 Å². The molecule has 0 saturated carbocycles.